The number of nitrogens with one attached hydrogen (secondary N) is 1. The third-order valence-corrected chi connectivity index (χ3v) is 4.50. The SMILES string of the molecule is Cc1nc(C)c(CNCC(c2ccccc2)N(C)C)s1. The molecule has 0 fully saturated rings. The number of rotatable bonds is 6. The molecule has 1 aromatic carbocycles. The van der Waals surface area contributed by atoms with Gasteiger partial charge in [-0.2, -0.15) is 0 Å². The Kier molecular flexibility index (Phi) is 5.29. The first kappa shape index (κ1) is 15.2. The zero-order valence-electron chi connectivity index (χ0n) is 12.7. The zero-order valence-corrected chi connectivity index (χ0v) is 13.5. The highest BCUT2D eigenvalue weighted by Gasteiger charge is 2.13. The fourth-order valence-corrected chi connectivity index (χ4v) is 3.24. The van der Waals surface area contributed by atoms with Gasteiger partial charge in [-0.3, -0.25) is 0 Å². The molecule has 0 radical (unpaired) electrons. The number of aromatic nitrogens is 1. The van der Waals surface area contributed by atoms with Gasteiger partial charge in [0, 0.05) is 24.0 Å². The van der Waals surface area contributed by atoms with Crippen LogP contribution in [0.1, 0.15) is 27.2 Å². The van der Waals surface area contributed by atoms with Gasteiger partial charge in [-0.05, 0) is 33.5 Å². The van der Waals surface area contributed by atoms with Crippen LogP contribution < -0.4 is 5.32 Å². The average molecular weight is 289 g/mol. The maximum Gasteiger partial charge on any atom is 0.0900 e. The first-order valence-corrected chi connectivity index (χ1v) is 7.74. The zero-order chi connectivity index (χ0) is 14.5. The van der Waals surface area contributed by atoms with E-state index in [9.17, 15) is 0 Å². The molecule has 0 saturated heterocycles. The Morgan fingerprint density at radius 2 is 1.90 bits per heavy atom. The summed E-state index contributed by atoms with van der Waals surface area (Å²) in [7, 11) is 4.25. The molecule has 108 valence electrons. The van der Waals surface area contributed by atoms with E-state index in [-0.39, 0.29) is 0 Å². The van der Waals surface area contributed by atoms with Gasteiger partial charge in [0.15, 0.2) is 0 Å². The van der Waals surface area contributed by atoms with E-state index in [2.05, 4.69) is 73.5 Å². The van der Waals surface area contributed by atoms with Gasteiger partial charge in [0.2, 0.25) is 0 Å². The highest BCUT2D eigenvalue weighted by molar-refractivity contribution is 7.11. The molecule has 1 unspecified atom stereocenters. The van der Waals surface area contributed by atoms with Gasteiger partial charge in [0.05, 0.1) is 10.7 Å². The van der Waals surface area contributed by atoms with Gasteiger partial charge < -0.3 is 10.2 Å². The van der Waals surface area contributed by atoms with Crippen LogP contribution in [0.15, 0.2) is 30.3 Å². The Morgan fingerprint density at radius 3 is 2.45 bits per heavy atom. The number of thiazole rings is 1. The Labute approximate surface area is 125 Å². The molecule has 2 aromatic rings. The first-order chi connectivity index (χ1) is 9.58. The van der Waals surface area contributed by atoms with E-state index < -0.39 is 0 Å². The summed E-state index contributed by atoms with van der Waals surface area (Å²) in [6.45, 7) is 5.98. The molecule has 0 spiro atoms. The van der Waals surface area contributed by atoms with E-state index in [0.29, 0.717) is 6.04 Å². The van der Waals surface area contributed by atoms with Crippen molar-refractivity contribution in [3.63, 3.8) is 0 Å². The smallest absolute Gasteiger partial charge is 0.0900 e. The largest absolute Gasteiger partial charge is 0.310 e. The Hall–Kier alpha value is -1.23. The standard InChI is InChI=1S/C16H23N3S/c1-12-16(20-13(2)18-12)11-17-10-15(19(3)4)14-8-6-5-7-9-14/h5-9,15,17H,10-11H2,1-4H3. The van der Waals surface area contributed by atoms with Crippen molar-refractivity contribution < 1.29 is 0 Å². The molecule has 0 aliphatic rings. The van der Waals surface area contributed by atoms with Crippen molar-refractivity contribution in [3.05, 3.63) is 51.5 Å². The van der Waals surface area contributed by atoms with Crippen LogP contribution in [0, 0.1) is 13.8 Å². The molecule has 2 rings (SSSR count). The molecule has 3 nitrogen and oxygen atoms in total. The summed E-state index contributed by atoms with van der Waals surface area (Å²) in [4.78, 5) is 8.07. The average Bonchev–Trinajstić information content (AvgIpc) is 2.73. The first-order valence-electron chi connectivity index (χ1n) is 6.93. The van der Waals surface area contributed by atoms with E-state index in [1.165, 1.54) is 10.4 Å². The lowest BCUT2D eigenvalue weighted by molar-refractivity contribution is 0.288. The summed E-state index contributed by atoms with van der Waals surface area (Å²) in [6.07, 6.45) is 0. The van der Waals surface area contributed by atoms with Gasteiger partial charge in [0.25, 0.3) is 0 Å². The highest BCUT2D eigenvalue weighted by Crippen LogP contribution is 2.19. The molecule has 0 aliphatic carbocycles. The lowest BCUT2D eigenvalue weighted by atomic mass is 10.1. The highest BCUT2D eigenvalue weighted by atomic mass is 32.1. The number of likely N-dealkylation sites (N-methyl/N-ethyl adjacent to an activating group) is 1. The van der Waals surface area contributed by atoms with E-state index >= 15 is 0 Å². The summed E-state index contributed by atoms with van der Waals surface area (Å²) in [5, 5.41) is 4.71. The maximum absolute atomic E-state index is 4.47. The normalized spacial score (nSPS) is 12.8. The second kappa shape index (κ2) is 6.97. The minimum atomic E-state index is 0.394. The van der Waals surface area contributed by atoms with Crippen molar-refractivity contribution in [3.8, 4) is 0 Å². The lowest BCUT2D eigenvalue weighted by Crippen LogP contribution is -2.30. The minimum Gasteiger partial charge on any atom is -0.310 e. The second-order valence-electron chi connectivity index (χ2n) is 5.26. The monoisotopic (exact) mass is 289 g/mol. The number of hydrogen-bond donors (Lipinski definition) is 1. The van der Waals surface area contributed by atoms with Crippen molar-refractivity contribution >= 4 is 11.3 Å². The molecule has 1 heterocycles. The summed E-state index contributed by atoms with van der Waals surface area (Å²) in [6, 6.07) is 11.0. The van der Waals surface area contributed by atoms with Crippen LogP contribution in [0.25, 0.3) is 0 Å². The van der Waals surface area contributed by atoms with Gasteiger partial charge in [0.1, 0.15) is 0 Å². The van der Waals surface area contributed by atoms with Crippen molar-refractivity contribution in [2.75, 3.05) is 20.6 Å². The van der Waals surface area contributed by atoms with Crippen molar-refractivity contribution in [1.29, 1.82) is 0 Å². The fourth-order valence-electron chi connectivity index (χ4n) is 2.33. The van der Waals surface area contributed by atoms with Crippen LogP contribution in [-0.4, -0.2) is 30.5 Å². The Morgan fingerprint density at radius 1 is 1.20 bits per heavy atom. The van der Waals surface area contributed by atoms with Crippen LogP contribution in [0.4, 0.5) is 0 Å². The molecule has 4 heteroatoms. The molecular weight excluding hydrogens is 266 g/mol. The molecule has 0 saturated carbocycles. The maximum atomic E-state index is 4.47. The van der Waals surface area contributed by atoms with Crippen LogP contribution in [-0.2, 0) is 6.54 Å². The van der Waals surface area contributed by atoms with Gasteiger partial charge >= 0.3 is 0 Å². The summed E-state index contributed by atoms with van der Waals surface area (Å²) < 4.78 is 0. The second-order valence-corrected chi connectivity index (χ2v) is 6.55. The molecule has 0 aliphatic heterocycles. The quantitative estimate of drug-likeness (QED) is 0.885. The van der Waals surface area contributed by atoms with Gasteiger partial charge in [-0.25, -0.2) is 4.98 Å². The van der Waals surface area contributed by atoms with Crippen LogP contribution >= 0.6 is 11.3 Å². The molecular formula is C16H23N3S. The number of hydrogen-bond acceptors (Lipinski definition) is 4. The lowest BCUT2D eigenvalue weighted by Gasteiger charge is -2.25. The molecule has 20 heavy (non-hydrogen) atoms. The predicted molar refractivity (Wildman–Crippen MR) is 86.2 cm³/mol. The third-order valence-electron chi connectivity index (χ3n) is 3.43. The summed E-state index contributed by atoms with van der Waals surface area (Å²) in [5.41, 5.74) is 2.50. The van der Waals surface area contributed by atoms with E-state index in [4.69, 9.17) is 0 Å². The fraction of sp³-hybridized carbons (Fsp3) is 0.438. The van der Waals surface area contributed by atoms with E-state index in [1.807, 2.05) is 0 Å². The Bertz CT molecular complexity index is 534. The van der Waals surface area contributed by atoms with Crippen LogP contribution in [0.5, 0.6) is 0 Å². The van der Waals surface area contributed by atoms with Crippen molar-refractivity contribution in [1.82, 2.24) is 15.2 Å². The van der Waals surface area contributed by atoms with Gasteiger partial charge in [-0.1, -0.05) is 30.3 Å². The number of benzene rings is 1. The molecule has 1 N–H and O–H groups in total. The molecule has 0 amide bonds. The van der Waals surface area contributed by atoms with Crippen molar-refractivity contribution in [2.45, 2.75) is 26.4 Å². The van der Waals surface area contributed by atoms with Crippen LogP contribution in [0.2, 0.25) is 0 Å². The predicted octanol–water partition coefficient (Wildman–Crippen LogP) is 3.15. The third kappa shape index (κ3) is 3.88. The van der Waals surface area contributed by atoms with Crippen LogP contribution in [0.3, 0.4) is 0 Å². The van der Waals surface area contributed by atoms with Gasteiger partial charge in [-0.15, -0.1) is 11.3 Å². The molecule has 0 bridgehead atoms. The topological polar surface area (TPSA) is 28.2 Å². The Balaban J connectivity index is 1.95. The molecule has 1 atom stereocenters. The number of nitrogens with zero attached hydrogens (tertiary/aromatic N) is 2. The molecule has 1 aromatic heterocycles. The summed E-state index contributed by atoms with van der Waals surface area (Å²) >= 11 is 1.78. The van der Waals surface area contributed by atoms with E-state index in [0.717, 1.165) is 23.8 Å². The minimum absolute atomic E-state index is 0.394. The summed E-state index contributed by atoms with van der Waals surface area (Å²) in [5.74, 6) is 0. The van der Waals surface area contributed by atoms with Crippen molar-refractivity contribution in [2.24, 2.45) is 0 Å². The number of aryl methyl sites for hydroxylation is 2. The van der Waals surface area contributed by atoms with E-state index in [1.54, 1.807) is 11.3 Å².